The van der Waals surface area contributed by atoms with Crippen LogP contribution in [0, 0.1) is 0 Å². The molecule has 1 aliphatic heterocycles. The summed E-state index contributed by atoms with van der Waals surface area (Å²) in [5.41, 5.74) is 2.06. The van der Waals surface area contributed by atoms with Crippen molar-refractivity contribution in [2.45, 2.75) is 58.4 Å². The first-order valence-corrected chi connectivity index (χ1v) is 8.66. The summed E-state index contributed by atoms with van der Waals surface area (Å²) in [5, 5.41) is 3.61. The predicted molar refractivity (Wildman–Crippen MR) is 94.8 cm³/mol. The first-order valence-electron chi connectivity index (χ1n) is 8.66. The third kappa shape index (κ3) is 5.80. The summed E-state index contributed by atoms with van der Waals surface area (Å²) in [6, 6.07) is 8.76. The van der Waals surface area contributed by atoms with Gasteiger partial charge in [0.25, 0.3) is 0 Å². The van der Waals surface area contributed by atoms with E-state index in [4.69, 9.17) is 9.47 Å². The van der Waals surface area contributed by atoms with Gasteiger partial charge in [-0.25, -0.2) is 4.79 Å². The first-order chi connectivity index (χ1) is 11.4. The van der Waals surface area contributed by atoms with Gasteiger partial charge in [0.1, 0.15) is 5.60 Å². The van der Waals surface area contributed by atoms with Gasteiger partial charge in [0, 0.05) is 32.8 Å². The number of carbonyl (C=O) groups excluding carboxylic acids is 1. The molecule has 1 amide bonds. The maximum absolute atomic E-state index is 12.1. The Kier molecular flexibility index (Phi) is 6.63. The van der Waals surface area contributed by atoms with Crippen LogP contribution in [0.5, 0.6) is 0 Å². The number of nitrogens with zero attached hydrogens (tertiary/aromatic N) is 1. The Hall–Kier alpha value is -1.59. The van der Waals surface area contributed by atoms with Crippen molar-refractivity contribution in [1.29, 1.82) is 0 Å². The van der Waals surface area contributed by atoms with Crippen molar-refractivity contribution in [2.24, 2.45) is 0 Å². The van der Waals surface area contributed by atoms with Crippen LogP contribution < -0.4 is 5.32 Å². The molecule has 0 radical (unpaired) electrons. The SMILES string of the molecule is COCc1ccccc1CNC1CCN(C(=O)OC(C)(C)C)CC1. The molecular weight excluding hydrogens is 304 g/mol. The van der Waals surface area contributed by atoms with Gasteiger partial charge in [-0.15, -0.1) is 0 Å². The molecule has 0 atom stereocenters. The molecule has 1 saturated heterocycles. The van der Waals surface area contributed by atoms with E-state index in [-0.39, 0.29) is 6.09 Å². The van der Waals surface area contributed by atoms with Crippen molar-refractivity contribution in [3.8, 4) is 0 Å². The minimum absolute atomic E-state index is 0.202. The van der Waals surface area contributed by atoms with Gasteiger partial charge in [0.2, 0.25) is 0 Å². The normalized spacial score (nSPS) is 16.2. The number of amides is 1. The number of benzene rings is 1. The molecule has 24 heavy (non-hydrogen) atoms. The number of hydrogen-bond acceptors (Lipinski definition) is 4. The number of piperidine rings is 1. The molecule has 0 bridgehead atoms. The highest BCUT2D eigenvalue weighted by atomic mass is 16.6. The fraction of sp³-hybridized carbons (Fsp3) is 0.632. The van der Waals surface area contributed by atoms with Crippen LogP contribution >= 0.6 is 0 Å². The zero-order chi connectivity index (χ0) is 17.6. The van der Waals surface area contributed by atoms with E-state index in [1.807, 2.05) is 31.7 Å². The highest BCUT2D eigenvalue weighted by Gasteiger charge is 2.26. The number of methoxy groups -OCH3 is 1. The number of nitrogens with one attached hydrogen (secondary N) is 1. The van der Waals surface area contributed by atoms with E-state index < -0.39 is 5.60 Å². The zero-order valence-electron chi connectivity index (χ0n) is 15.3. The maximum Gasteiger partial charge on any atom is 0.410 e. The molecule has 5 nitrogen and oxygen atoms in total. The number of carbonyl (C=O) groups is 1. The fourth-order valence-corrected chi connectivity index (χ4v) is 2.87. The molecule has 0 aliphatic carbocycles. The number of rotatable bonds is 5. The molecule has 1 heterocycles. The lowest BCUT2D eigenvalue weighted by atomic mass is 10.0. The van der Waals surface area contributed by atoms with E-state index in [9.17, 15) is 4.79 Å². The van der Waals surface area contributed by atoms with Gasteiger partial charge < -0.3 is 19.7 Å². The van der Waals surface area contributed by atoms with Gasteiger partial charge >= 0.3 is 6.09 Å². The summed E-state index contributed by atoms with van der Waals surface area (Å²) in [5.74, 6) is 0. The van der Waals surface area contributed by atoms with Crippen LogP contribution in [-0.4, -0.2) is 42.8 Å². The van der Waals surface area contributed by atoms with Crippen molar-refractivity contribution in [1.82, 2.24) is 10.2 Å². The largest absolute Gasteiger partial charge is 0.444 e. The van der Waals surface area contributed by atoms with Crippen molar-refractivity contribution in [3.05, 3.63) is 35.4 Å². The van der Waals surface area contributed by atoms with E-state index >= 15 is 0 Å². The van der Waals surface area contributed by atoms with Gasteiger partial charge in [-0.2, -0.15) is 0 Å². The van der Waals surface area contributed by atoms with Gasteiger partial charge in [-0.3, -0.25) is 0 Å². The molecule has 0 unspecified atom stereocenters. The quantitative estimate of drug-likeness (QED) is 0.897. The van der Waals surface area contributed by atoms with Crippen molar-refractivity contribution >= 4 is 6.09 Å². The van der Waals surface area contributed by atoms with E-state index in [2.05, 4.69) is 23.5 Å². The molecule has 2 rings (SSSR count). The third-order valence-electron chi connectivity index (χ3n) is 4.15. The summed E-state index contributed by atoms with van der Waals surface area (Å²) in [4.78, 5) is 13.9. The van der Waals surface area contributed by atoms with Crippen LogP contribution in [0.1, 0.15) is 44.7 Å². The van der Waals surface area contributed by atoms with E-state index in [0.717, 1.165) is 32.5 Å². The molecule has 1 aliphatic rings. The molecular formula is C19H30N2O3. The fourth-order valence-electron chi connectivity index (χ4n) is 2.87. The number of hydrogen-bond donors (Lipinski definition) is 1. The number of ether oxygens (including phenoxy) is 2. The van der Waals surface area contributed by atoms with Crippen LogP contribution in [0.25, 0.3) is 0 Å². The Morgan fingerprint density at radius 1 is 1.21 bits per heavy atom. The summed E-state index contributed by atoms with van der Waals surface area (Å²) in [6.07, 6.45) is 1.70. The minimum Gasteiger partial charge on any atom is -0.444 e. The van der Waals surface area contributed by atoms with Crippen molar-refractivity contribution in [2.75, 3.05) is 20.2 Å². The Morgan fingerprint density at radius 2 is 1.83 bits per heavy atom. The molecule has 1 aromatic rings. The van der Waals surface area contributed by atoms with Crippen LogP contribution in [0.4, 0.5) is 4.79 Å². The summed E-state index contributed by atoms with van der Waals surface area (Å²) in [7, 11) is 1.72. The molecule has 5 heteroatoms. The van der Waals surface area contributed by atoms with Crippen molar-refractivity contribution in [3.63, 3.8) is 0 Å². The average molecular weight is 334 g/mol. The lowest BCUT2D eigenvalue weighted by Gasteiger charge is -2.34. The average Bonchev–Trinajstić information content (AvgIpc) is 2.53. The molecule has 1 N–H and O–H groups in total. The highest BCUT2D eigenvalue weighted by Crippen LogP contribution is 2.16. The number of likely N-dealkylation sites (tertiary alicyclic amines) is 1. The van der Waals surface area contributed by atoms with Crippen LogP contribution in [0.15, 0.2) is 24.3 Å². The van der Waals surface area contributed by atoms with E-state index in [1.54, 1.807) is 7.11 Å². The van der Waals surface area contributed by atoms with Crippen LogP contribution in [0.3, 0.4) is 0 Å². The lowest BCUT2D eigenvalue weighted by molar-refractivity contribution is 0.0198. The molecule has 1 fully saturated rings. The maximum atomic E-state index is 12.1. The topological polar surface area (TPSA) is 50.8 Å². The van der Waals surface area contributed by atoms with Gasteiger partial charge in [0.05, 0.1) is 6.61 Å². The molecule has 0 aromatic heterocycles. The summed E-state index contributed by atoms with van der Waals surface area (Å²) >= 11 is 0. The first kappa shape index (κ1) is 18.7. The summed E-state index contributed by atoms with van der Waals surface area (Å²) < 4.78 is 10.7. The Labute approximate surface area is 145 Å². The Bertz CT molecular complexity index is 532. The zero-order valence-corrected chi connectivity index (χ0v) is 15.3. The standard InChI is InChI=1S/C19H30N2O3/c1-19(2,3)24-18(22)21-11-9-17(10-12-21)20-13-15-7-5-6-8-16(15)14-23-4/h5-8,17,20H,9-14H2,1-4H3. The third-order valence-corrected chi connectivity index (χ3v) is 4.15. The predicted octanol–water partition coefficient (Wildman–Crippen LogP) is 3.32. The Morgan fingerprint density at radius 3 is 2.42 bits per heavy atom. The van der Waals surface area contributed by atoms with Gasteiger partial charge in [-0.1, -0.05) is 24.3 Å². The second kappa shape index (κ2) is 8.49. The van der Waals surface area contributed by atoms with Crippen LogP contribution in [-0.2, 0) is 22.6 Å². The minimum atomic E-state index is -0.433. The molecule has 1 aromatic carbocycles. The summed E-state index contributed by atoms with van der Waals surface area (Å²) in [6.45, 7) is 8.65. The molecule has 134 valence electrons. The monoisotopic (exact) mass is 334 g/mol. The second-order valence-electron chi connectivity index (χ2n) is 7.32. The smallest absolute Gasteiger partial charge is 0.410 e. The van der Waals surface area contributed by atoms with Crippen molar-refractivity contribution < 1.29 is 14.3 Å². The van der Waals surface area contributed by atoms with E-state index in [0.29, 0.717) is 12.6 Å². The lowest BCUT2D eigenvalue weighted by Crippen LogP contribution is -2.46. The van der Waals surface area contributed by atoms with Gasteiger partial charge in [0.15, 0.2) is 0 Å². The Balaban J connectivity index is 1.78. The van der Waals surface area contributed by atoms with Crippen LogP contribution in [0.2, 0.25) is 0 Å². The molecule has 0 spiro atoms. The highest BCUT2D eigenvalue weighted by molar-refractivity contribution is 5.68. The second-order valence-corrected chi connectivity index (χ2v) is 7.32. The molecule has 0 saturated carbocycles. The van der Waals surface area contributed by atoms with E-state index in [1.165, 1.54) is 11.1 Å². The van der Waals surface area contributed by atoms with Gasteiger partial charge in [-0.05, 0) is 44.7 Å².